The first-order chi connectivity index (χ1) is 9.22. The van der Waals surface area contributed by atoms with Gasteiger partial charge in [-0.15, -0.1) is 0 Å². The van der Waals surface area contributed by atoms with Crippen molar-refractivity contribution in [1.82, 2.24) is 20.2 Å². The number of carbonyl (C=O) groups excluding carboxylic acids is 1. The van der Waals surface area contributed by atoms with Gasteiger partial charge >= 0.3 is 6.03 Å². The number of aromatic nitrogens is 2. The van der Waals surface area contributed by atoms with Crippen LogP contribution in [0.4, 0.5) is 10.7 Å². The number of rotatable bonds is 1. The standard InChI is InChI=1S/C13H17N5O/c1-9-2-3-10-11(8-9)16-12(15-10)17-13(19)18-6-4-14-5-7-18/h2-3,8,14H,4-7H2,1H3,(H2,15,16,17,19). The Balaban J connectivity index is 1.75. The van der Waals surface area contributed by atoms with E-state index >= 15 is 0 Å². The summed E-state index contributed by atoms with van der Waals surface area (Å²) in [5.74, 6) is 0.504. The second-order valence-corrected chi connectivity index (χ2v) is 4.77. The molecule has 0 saturated carbocycles. The highest BCUT2D eigenvalue weighted by Gasteiger charge is 2.17. The van der Waals surface area contributed by atoms with E-state index in [2.05, 4.69) is 20.6 Å². The van der Waals surface area contributed by atoms with Gasteiger partial charge in [-0.25, -0.2) is 9.78 Å². The number of nitrogens with one attached hydrogen (secondary N) is 3. The van der Waals surface area contributed by atoms with Crippen LogP contribution < -0.4 is 10.6 Å². The van der Waals surface area contributed by atoms with E-state index in [0.29, 0.717) is 5.95 Å². The minimum atomic E-state index is -0.0997. The number of aromatic amines is 1. The minimum Gasteiger partial charge on any atom is -0.324 e. The van der Waals surface area contributed by atoms with Crippen molar-refractivity contribution in [1.29, 1.82) is 0 Å². The average molecular weight is 259 g/mol. The molecular formula is C13H17N5O. The molecule has 100 valence electrons. The maximum atomic E-state index is 12.0. The van der Waals surface area contributed by atoms with E-state index in [-0.39, 0.29) is 6.03 Å². The van der Waals surface area contributed by atoms with Crippen LogP contribution in [0.3, 0.4) is 0 Å². The van der Waals surface area contributed by atoms with Crippen LogP contribution in [0.15, 0.2) is 18.2 Å². The quantitative estimate of drug-likeness (QED) is 0.723. The molecular weight excluding hydrogens is 242 g/mol. The van der Waals surface area contributed by atoms with Crippen LogP contribution in [-0.2, 0) is 0 Å². The lowest BCUT2D eigenvalue weighted by Gasteiger charge is -2.26. The zero-order valence-corrected chi connectivity index (χ0v) is 10.9. The first-order valence-corrected chi connectivity index (χ1v) is 6.45. The number of piperazine rings is 1. The SMILES string of the molecule is Cc1ccc2nc(NC(=O)N3CCNCC3)[nH]c2c1. The molecule has 3 rings (SSSR count). The third-order valence-electron chi connectivity index (χ3n) is 3.27. The van der Waals surface area contributed by atoms with Crippen LogP contribution in [0.25, 0.3) is 11.0 Å². The molecule has 6 nitrogen and oxygen atoms in total. The fraction of sp³-hybridized carbons (Fsp3) is 0.385. The van der Waals surface area contributed by atoms with E-state index in [1.54, 1.807) is 4.90 Å². The predicted molar refractivity (Wildman–Crippen MR) is 74.3 cm³/mol. The van der Waals surface area contributed by atoms with E-state index in [0.717, 1.165) is 42.8 Å². The van der Waals surface area contributed by atoms with Gasteiger partial charge in [-0.3, -0.25) is 5.32 Å². The molecule has 0 aliphatic carbocycles. The number of H-pyrrole nitrogens is 1. The summed E-state index contributed by atoms with van der Waals surface area (Å²) < 4.78 is 0. The molecule has 0 radical (unpaired) electrons. The van der Waals surface area contributed by atoms with Crippen molar-refractivity contribution in [3.63, 3.8) is 0 Å². The first kappa shape index (κ1) is 12.0. The number of amides is 2. The van der Waals surface area contributed by atoms with E-state index in [1.165, 1.54) is 0 Å². The van der Waals surface area contributed by atoms with Gasteiger partial charge in [-0.2, -0.15) is 0 Å². The number of benzene rings is 1. The lowest BCUT2D eigenvalue weighted by Crippen LogP contribution is -2.48. The second kappa shape index (κ2) is 4.89. The Labute approximate surface area is 111 Å². The third-order valence-corrected chi connectivity index (χ3v) is 3.27. The number of urea groups is 1. The van der Waals surface area contributed by atoms with Crippen molar-refractivity contribution >= 4 is 23.0 Å². The molecule has 2 aromatic rings. The molecule has 0 atom stereocenters. The number of nitrogens with zero attached hydrogens (tertiary/aromatic N) is 2. The van der Waals surface area contributed by atoms with Crippen LogP contribution in [0.5, 0.6) is 0 Å². The second-order valence-electron chi connectivity index (χ2n) is 4.77. The van der Waals surface area contributed by atoms with Gasteiger partial charge < -0.3 is 15.2 Å². The van der Waals surface area contributed by atoms with Crippen LogP contribution in [0.1, 0.15) is 5.56 Å². The van der Waals surface area contributed by atoms with Gasteiger partial charge in [-0.1, -0.05) is 6.07 Å². The average Bonchev–Trinajstić information content (AvgIpc) is 2.81. The zero-order valence-electron chi connectivity index (χ0n) is 10.9. The summed E-state index contributed by atoms with van der Waals surface area (Å²) >= 11 is 0. The molecule has 1 aromatic heterocycles. The molecule has 0 spiro atoms. The highest BCUT2D eigenvalue weighted by Crippen LogP contribution is 2.16. The molecule has 3 N–H and O–H groups in total. The first-order valence-electron chi connectivity index (χ1n) is 6.45. The van der Waals surface area contributed by atoms with Gasteiger partial charge in [0.25, 0.3) is 0 Å². The van der Waals surface area contributed by atoms with E-state index in [1.807, 2.05) is 25.1 Å². The van der Waals surface area contributed by atoms with Crippen LogP contribution >= 0.6 is 0 Å². The van der Waals surface area contributed by atoms with E-state index in [9.17, 15) is 4.79 Å². The third kappa shape index (κ3) is 2.53. The topological polar surface area (TPSA) is 73.1 Å². The Hall–Kier alpha value is -2.08. The summed E-state index contributed by atoms with van der Waals surface area (Å²) in [5, 5.41) is 6.03. The maximum absolute atomic E-state index is 12.0. The van der Waals surface area contributed by atoms with Gasteiger partial charge in [0.15, 0.2) is 0 Å². The van der Waals surface area contributed by atoms with Crippen LogP contribution in [0, 0.1) is 6.92 Å². The van der Waals surface area contributed by atoms with Crippen molar-refractivity contribution in [3.8, 4) is 0 Å². The summed E-state index contributed by atoms with van der Waals surface area (Å²) in [4.78, 5) is 21.3. The van der Waals surface area contributed by atoms with E-state index < -0.39 is 0 Å². The molecule has 0 bridgehead atoms. The molecule has 1 aliphatic rings. The monoisotopic (exact) mass is 259 g/mol. The molecule has 19 heavy (non-hydrogen) atoms. The summed E-state index contributed by atoms with van der Waals surface area (Å²) in [5.41, 5.74) is 2.97. The zero-order chi connectivity index (χ0) is 13.2. The number of imidazole rings is 1. The Kier molecular flexibility index (Phi) is 3.08. The largest absolute Gasteiger partial charge is 0.324 e. The Morgan fingerprint density at radius 1 is 1.37 bits per heavy atom. The molecule has 1 saturated heterocycles. The van der Waals surface area contributed by atoms with Crippen molar-refractivity contribution in [2.75, 3.05) is 31.5 Å². The summed E-state index contributed by atoms with van der Waals surface area (Å²) in [6, 6.07) is 5.87. The Morgan fingerprint density at radius 2 is 2.16 bits per heavy atom. The number of hydrogen-bond acceptors (Lipinski definition) is 3. The van der Waals surface area contributed by atoms with Crippen molar-refractivity contribution in [3.05, 3.63) is 23.8 Å². The van der Waals surface area contributed by atoms with Gasteiger partial charge in [0, 0.05) is 26.2 Å². The maximum Gasteiger partial charge on any atom is 0.324 e. The fourth-order valence-corrected chi connectivity index (χ4v) is 2.23. The van der Waals surface area contributed by atoms with E-state index in [4.69, 9.17) is 0 Å². The number of anilines is 1. The molecule has 6 heteroatoms. The van der Waals surface area contributed by atoms with Gasteiger partial charge in [0.05, 0.1) is 11.0 Å². The van der Waals surface area contributed by atoms with Gasteiger partial charge in [-0.05, 0) is 24.6 Å². The smallest absolute Gasteiger partial charge is 0.324 e. The van der Waals surface area contributed by atoms with Crippen LogP contribution in [-0.4, -0.2) is 47.1 Å². The van der Waals surface area contributed by atoms with Crippen molar-refractivity contribution in [2.24, 2.45) is 0 Å². The molecule has 1 aromatic carbocycles. The highest BCUT2D eigenvalue weighted by molar-refractivity contribution is 5.90. The molecule has 1 fully saturated rings. The summed E-state index contributed by atoms with van der Waals surface area (Å²) in [6.07, 6.45) is 0. The van der Waals surface area contributed by atoms with Crippen molar-refractivity contribution in [2.45, 2.75) is 6.92 Å². The summed E-state index contributed by atoms with van der Waals surface area (Å²) in [7, 11) is 0. The van der Waals surface area contributed by atoms with Gasteiger partial charge in [0.1, 0.15) is 0 Å². The molecule has 1 aliphatic heterocycles. The normalized spacial score (nSPS) is 15.7. The highest BCUT2D eigenvalue weighted by atomic mass is 16.2. The number of aryl methyl sites for hydroxylation is 1. The Bertz CT molecular complexity index is 600. The number of fused-ring (bicyclic) bond motifs is 1. The number of hydrogen-bond donors (Lipinski definition) is 3. The minimum absolute atomic E-state index is 0.0997. The Morgan fingerprint density at radius 3 is 2.95 bits per heavy atom. The molecule has 2 amide bonds. The lowest BCUT2D eigenvalue weighted by molar-refractivity contribution is 0.203. The summed E-state index contributed by atoms with van der Waals surface area (Å²) in [6.45, 7) is 5.16. The lowest BCUT2D eigenvalue weighted by atomic mass is 10.2. The van der Waals surface area contributed by atoms with Crippen molar-refractivity contribution < 1.29 is 4.79 Å². The van der Waals surface area contributed by atoms with Gasteiger partial charge in [0.2, 0.25) is 5.95 Å². The molecule has 2 heterocycles. The molecule has 0 unspecified atom stereocenters. The predicted octanol–water partition coefficient (Wildman–Crippen LogP) is 1.31. The number of carbonyl (C=O) groups is 1. The fourth-order valence-electron chi connectivity index (χ4n) is 2.23. The van der Waals surface area contributed by atoms with Crippen LogP contribution in [0.2, 0.25) is 0 Å².